The van der Waals surface area contributed by atoms with E-state index in [-0.39, 0.29) is 19.0 Å². The van der Waals surface area contributed by atoms with Gasteiger partial charge in [0.15, 0.2) is 0 Å². The van der Waals surface area contributed by atoms with Crippen LogP contribution in [0.15, 0.2) is 0 Å². The lowest BCUT2D eigenvalue weighted by Crippen LogP contribution is -2.47. The molecule has 0 aromatic heterocycles. The number of rotatable bonds is 3. The van der Waals surface area contributed by atoms with Crippen LogP contribution in [0, 0.1) is 5.92 Å². The van der Waals surface area contributed by atoms with E-state index < -0.39 is 23.6 Å². The van der Waals surface area contributed by atoms with E-state index in [9.17, 15) is 14.4 Å². The molecular weight excluding hydrogens is 264 g/mol. The van der Waals surface area contributed by atoms with Gasteiger partial charge in [-0.15, -0.1) is 0 Å². The van der Waals surface area contributed by atoms with Gasteiger partial charge in [0.05, 0.1) is 5.92 Å². The number of aliphatic carboxylic acids is 1. The van der Waals surface area contributed by atoms with Gasteiger partial charge in [-0.2, -0.15) is 0 Å². The van der Waals surface area contributed by atoms with Crippen molar-refractivity contribution in [1.82, 2.24) is 10.2 Å². The topological polar surface area (TPSA) is 95.9 Å². The van der Waals surface area contributed by atoms with Crippen molar-refractivity contribution in [3.8, 4) is 0 Å². The Morgan fingerprint density at radius 3 is 2.55 bits per heavy atom. The molecule has 0 aromatic rings. The number of likely N-dealkylation sites (tertiary alicyclic amines) is 1. The average molecular weight is 286 g/mol. The first-order valence-electron chi connectivity index (χ1n) is 6.66. The molecule has 114 valence electrons. The van der Waals surface area contributed by atoms with E-state index in [4.69, 9.17) is 9.84 Å². The molecule has 7 nitrogen and oxygen atoms in total. The summed E-state index contributed by atoms with van der Waals surface area (Å²) in [7, 11) is 0. The van der Waals surface area contributed by atoms with Crippen LogP contribution in [0.4, 0.5) is 4.79 Å². The quantitative estimate of drug-likeness (QED) is 0.801. The second kappa shape index (κ2) is 6.58. The van der Waals surface area contributed by atoms with Crippen molar-refractivity contribution in [3.63, 3.8) is 0 Å². The lowest BCUT2D eigenvalue weighted by Gasteiger charge is -2.30. The van der Waals surface area contributed by atoms with Gasteiger partial charge >= 0.3 is 12.1 Å². The van der Waals surface area contributed by atoms with Crippen molar-refractivity contribution in [2.75, 3.05) is 19.6 Å². The highest BCUT2D eigenvalue weighted by Crippen LogP contribution is 2.16. The third kappa shape index (κ3) is 5.46. The molecule has 0 saturated carbocycles. The molecule has 0 aromatic carbocycles. The molecule has 2 N–H and O–H groups in total. The van der Waals surface area contributed by atoms with Crippen LogP contribution in [-0.4, -0.2) is 53.2 Å². The summed E-state index contributed by atoms with van der Waals surface area (Å²) < 4.78 is 5.02. The highest BCUT2D eigenvalue weighted by Gasteiger charge is 2.28. The minimum Gasteiger partial charge on any atom is -0.481 e. The summed E-state index contributed by atoms with van der Waals surface area (Å²) >= 11 is 0. The van der Waals surface area contributed by atoms with Gasteiger partial charge in [-0.1, -0.05) is 0 Å². The molecule has 1 rings (SSSR count). The number of alkyl carbamates (subject to hydrolysis) is 1. The normalized spacial score (nSPS) is 19.4. The lowest BCUT2D eigenvalue weighted by atomic mass is 9.98. The summed E-state index contributed by atoms with van der Waals surface area (Å²) in [4.78, 5) is 35.7. The predicted octanol–water partition coefficient (Wildman–Crippen LogP) is 0.834. The molecule has 0 spiro atoms. The molecule has 1 heterocycles. The number of nitrogens with zero attached hydrogens (tertiary/aromatic N) is 1. The number of nitrogens with one attached hydrogen (secondary N) is 1. The minimum absolute atomic E-state index is 0.179. The van der Waals surface area contributed by atoms with Crippen LogP contribution in [0.3, 0.4) is 0 Å². The fraction of sp³-hybridized carbons (Fsp3) is 0.769. The minimum atomic E-state index is -0.886. The van der Waals surface area contributed by atoms with Gasteiger partial charge in [-0.25, -0.2) is 4.79 Å². The van der Waals surface area contributed by atoms with E-state index in [0.29, 0.717) is 19.4 Å². The summed E-state index contributed by atoms with van der Waals surface area (Å²) in [5, 5.41) is 11.3. The molecule has 1 atom stereocenters. The highest BCUT2D eigenvalue weighted by atomic mass is 16.6. The zero-order chi connectivity index (χ0) is 15.3. The maximum Gasteiger partial charge on any atom is 0.408 e. The average Bonchev–Trinajstić information content (AvgIpc) is 2.34. The molecule has 0 radical (unpaired) electrons. The maximum absolute atomic E-state index is 11.9. The molecule has 2 amide bonds. The van der Waals surface area contributed by atoms with Gasteiger partial charge in [-0.3, -0.25) is 9.59 Å². The standard InChI is InChI=1S/C13H22N2O5/c1-13(2,3)20-12(19)14-7-10(16)15-6-4-5-9(8-15)11(17)18/h9H,4-8H2,1-3H3,(H,14,19)(H,17,18). The first-order chi connectivity index (χ1) is 9.19. The van der Waals surface area contributed by atoms with Crippen molar-refractivity contribution in [3.05, 3.63) is 0 Å². The fourth-order valence-corrected chi connectivity index (χ4v) is 1.98. The maximum atomic E-state index is 11.9. The molecule has 0 bridgehead atoms. The second-order valence-corrected chi connectivity index (χ2v) is 5.87. The lowest BCUT2D eigenvalue weighted by molar-refractivity contribution is -0.145. The zero-order valence-electron chi connectivity index (χ0n) is 12.1. The number of carboxylic acids is 1. The van der Waals surface area contributed by atoms with Crippen LogP contribution >= 0.6 is 0 Å². The van der Waals surface area contributed by atoms with Gasteiger partial charge in [0.2, 0.25) is 5.91 Å². The smallest absolute Gasteiger partial charge is 0.408 e. The Hall–Kier alpha value is -1.79. The van der Waals surface area contributed by atoms with Crippen LogP contribution in [0.1, 0.15) is 33.6 Å². The van der Waals surface area contributed by atoms with Crippen LogP contribution in [0.25, 0.3) is 0 Å². The van der Waals surface area contributed by atoms with Gasteiger partial charge in [0.1, 0.15) is 12.1 Å². The highest BCUT2D eigenvalue weighted by molar-refractivity contribution is 5.83. The number of hydrogen-bond acceptors (Lipinski definition) is 4. The molecule has 7 heteroatoms. The monoisotopic (exact) mass is 286 g/mol. The van der Waals surface area contributed by atoms with Gasteiger partial charge in [-0.05, 0) is 33.6 Å². The van der Waals surface area contributed by atoms with E-state index in [1.54, 1.807) is 20.8 Å². The SMILES string of the molecule is CC(C)(C)OC(=O)NCC(=O)N1CCCC(C(=O)O)C1. The number of ether oxygens (including phenoxy) is 1. The number of piperidine rings is 1. The van der Waals surface area contributed by atoms with Crippen molar-refractivity contribution in [2.24, 2.45) is 5.92 Å². The van der Waals surface area contributed by atoms with E-state index >= 15 is 0 Å². The van der Waals surface area contributed by atoms with E-state index in [1.807, 2.05) is 0 Å². The van der Waals surface area contributed by atoms with Crippen LogP contribution in [0.2, 0.25) is 0 Å². The molecule has 1 unspecified atom stereocenters. The molecule has 1 fully saturated rings. The van der Waals surface area contributed by atoms with E-state index in [2.05, 4.69) is 5.32 Å². The molecular formula is C13H22N2O5. The number of hydrogen-bond donors (Lipinski definition) is 2. The predicted molar refractivity (Wildman–Crippen MR) is 71.2 cm³/mol. The molecule has 1 saturated heterocycles. The summed E-state index contributed by atoms with van der Waals surface area (Å²) in [6, 6.07) is 0. The first-order valence-corrected chi connectivity index (χ1v) is 6.66. The Morgan fingerprint density at radius 2 is 2.00 bits per heavy atom. The van der Waals surface area contributed by atoms with Gasteiger partial charge in [0.25, 0.3) is 0 Å². The number of carbonyl (C=O) groups is 3. The van der Waals surface area contributed by atoms with E-state index in [1.165, 1.54) is 4.90 Å². The third-order valence-electron chi connectivity index (χ3n) is 2.91. The van der Waals surface area contributed by atoms with Crippen molar-refractivity contribution in [2.45, 2.75) is 39.2 Å². The summed E-state index contributed by atoms with van der Waals surface area (Å²) in [5.74, 6) is -1.70. The van der Waals surface area contributed by atoms with Gasteiger partial charge in [0, 0.05) is 13.1 Å². The zero-order valence-corrected chi connectivity index (χ0v) is 12.1. The van der Waals surface area contributed by atoms with Gasteiger partial charge < -0.3 is 20.1 Å². The van der Waals surface area contributed by atoms with Crippen LogP contribution in [-0.2, 0) is 14.3 Å². The number of amides is 2. The summed E-state index contributed by atoms with van der Waals surface area (Å²) in [6.45, 7) is 5.74. The Balaban J connectivity index is 2.39. The second-order valence-electron chi connectivity index (χ2n) is 5.87. The Morgan fingerprint density at radius 1 is 1.35 bits per heavy atom. The third-order valence-corrected chi connectivity index (χ3v) is 2.91. The molecule has 20 heavy (non-hydrogen) atoms. The molecule has 0 aliphatic carbocycles. The van der Waals surface area contributed by atoms with Crippen molar-refractivity contribution >= 4 is 18.0 Å². The molecule has 1 aliphatic rings. The van der Waals surface area contributed by atoms with Crippen molar-refractivity contribution < 1.29 is 24.2 Å². The number of carbonyl (C=O) groups excluding carboxylic acids is 2. The van der Waals surface area contributed by atoms with Crippen LogP contribution in [0.5, 0.6) is 0 Å². The van der Waals surface area contributed by atoms with Crippen LogP contribution < -0.4 is 5.32 Å². The number of carboxylic acid groups (broad SMARTS) is 1. The van der Waals surface area contributed by atoms with E-state index in [0.717, 1.165) is 0 Å². The fourth-order valence-electron chi connectivity index (χ4n) is 1.98. The Kier molecular flexibility index (Phi) is 5.35. The summed E-state index contributed by atoms with van der Waals surface area (Å²) in [6.07, 6.45) is 0.589. The first kappa shape index (κ1) is 16.3. The Labute approximate surface area is 118 Å². The van der Waals surface area contributed by atoms with Crippen molar-refractivity contribution in [1.29, 1.82) is 0 Å². The largest absolute Gasteiger partial charge is 0.481 e. The molecule has 1 aliphatic heterocycles. The summed E-state index contributed by atoms with van der Waals surface area (Å²) in [5.41, 5.74) is -0.618. The Bertz CT molecular complexity index is 389.